The predicted molar refractivity (Wildman–Crippen MR) is 113 cm³/mol. The van der Waals surface area contributed by atoms with E-state index < -0.39 is 0 Å². The highest BCUT2D eigenvalue weighted by atomic mass is 16.5. The molecular weight excluding hydrogens is 370 g/mol. The van der Waals surface area contributed by atoms with E-state index in [1.807, 2.05) is 13.0 Å². The van der Waals surface area contributed by atoms with E-state index in [2.05, 4.69) is 28.7 Å². The van der Waals surface area contributed by atoms with Crippen LogP contribution in [0.3, 0.4) is 0 Å². The van der Waals surface area contributed by atoms with Gasteiger partial charge in [0.05, 0.1) is 43.3 Å². The summed E-state index contributed by atoms with van der Waals surface area (Å²) in [7, 11) is 1.63. The molecule has 156 valence electrons. The van der Waals surface area contributed by atoms with Gasteiger partial charge in [0.1, 0.15) is 24.0 Å². The monoisotopic (exact) mass is 399 g/mol. The van der Waals surface area contributed by atoms with Gasteiger partial charge in [0.2, 0.25) is 0 Å². The number of rotatable bonds is 7. The van der Waals surface area contributed by atoms with Crippen LogP contribution in [0.25, 0.3) is 0 Å². The fraction of sp³-hybridized carbons (Fsp3) is 0.476. The number of ether oxygens (including phenoxy) is 3. The van der Waals surface area contributed by atoms with E-state index in [0.717, 1.165) is 5.82 Å². The van der Waals surface area contributed by atoms with Crippen LogP contribution in [0.5, 0.6) is 5.75 Å². The van der Waals surface area contributed by atoms with Crippen molar-refractivity contribution < 1.29 is 14.2 Å². The van der Waals surface area contributed by atoms with E-state index in [9.17, 15) is 0 Å². The average molecular weight is 399 g/mol. The molecule has 8 heteroatoms. The minimum absolute atomic E-state index is 0.111. The van der Waals surface area contributed by atoms with E-state index in [1.165, 1.54) is 6.33 Å². The zero-order valence-electron chi connectivity index (χ0n) is 17.4. The molecule has 0 spiro atoms. The Morgan fingerprint density at radius 1 is 1.28 bits per heavy atom. The molecule has 1 aliphatic rings. The van der Waals surface area contributed by atoms with Crippen molar-refractivity contribution >= 4 is 17.2 Å². The van der Waals surface area contributed by atoms with Gasteiger partial charge in [-0.2, -0.15) is 0 Å². The molecule has 3 unspecified atom stereocenters. The predicted octanol–water partition coefficient (Wildman–Crippen LogP) is 2.50. The Balaban J connectivity index is 1.87. The van der Waals surface area contributed by atoms with Crippen molar-refractivity contribution in [3.8, 4) is 5.75 Å². The summed E-state index contributed by atoms with van der Waals surface area (Å²) in [5, 5.41) is 8.69. The van der Waals surface area contributed by atoms with Crippen molar-refractivity contribution in [2.75, 3.05) is 37.6 Å². The lowest BCUT2D eigenvalue weighted by Crippen LogP contribution is -2.50. The molecule has 1 fully saturated rings. The molecule has 0 saturated carbocycles. The average Bonchev–Trinajstić information content (AvgIpc) is 2.69. The van der Waals surface area contributed by atoms with Crippen molar-refractivity contribution in [1.82, 2.24) is 9.97 Å². The van der Waals surface area contributed by atoms with Crippen molar-refractivity contribution in [2.45, 2.75) is 39.0 Å². The Morgan fingerprint density at radius 3 is 2.69 bits per heavy atom. The van der Waals surface area contributed by atoms with Crippen LogP contribution in [0, 0.1) is 5.41 Å². The highest BCUT2D eigenvalue weighted by Crippen LogP contribution is 2.26. The molecule has 1 aromatic heterocycles. The molecule has 8 nitrogen and oxygen atoms in total. The molecule has 3 atom stereocenters. The fourth-order valence-corrected chi connectivity index (χ4v) is 3.54. The number of nitrogen functional groups attached to an aromatic ring is 1. The second kappa shape index (κ2) is 9.19. The van der Waals surface area contributed by atoms with Gasteiger partial charge in [0.15, 0.2) is 0 Å². The molecule has 0 amide bonds. The highest BCUT2D eigenvalue weighted by molar-refractivity contribution is 6.13. The SMILES string of the molecule is COCC(C)Oc1ccc(N)c(C(=N)c2cc(N3C(C)COCC3C)ncn2)c1. The van der Waals surface area contributed by atoms with Gasteiger partial charge >= 0.3 is 0 Å². The molecule has 0 aliphatic carbocycles. The maximum atomic E-state index is 8.69. The van der Waals surface area contributed by atoms with Crippen LogP contribution in [0.1, 0.15) is 32.0 Å². The third-order valence-corrected chi connectivity index (χ3v) is 4.87. The first-order chi connectivity index (χ1) is 13.9. The second-order valence-electron chi connectivity index (χ2n) is 7.41. The molecule has 2 heterocycles. The number of methoxy groups -OCH3 is 1. The summed E-state index contributed by atoms with van der Waals surface area (Å²) in [6.07, 6.45) is 1.38. The van der Waals surface area contributed by atoms with Gasteiger partial charge in [-0.15, -0.1) is 0 Å². The Labute approximate surface area is 171 Å². The van der Waals surface area contributed by atoms with Crippen LogP contribution in [-0.4, -0.2) is 60.8 Å². The Bertz CT molecular complexity index is 850. The van der Waals surface area contributed by atoms with Crippen LogP contribution in [0.15, 0.2) is 30.6 Å². The molecular formula is C21H29N5O3. The Hall–Kier alpha value is -2.71. The van der Waals surface area contributed by atoms with Crippen molar-refractivity contribution in [3.63, 3.8) is 0 Å². The van der Waals surface area contributed by atoms with Crippen molar-refractivity contribution in [3.05, 3.63) is 41.9 Å². The van der Waals surface area contributed by atoms with Crippen molar-refractivity contribution in [1.29, 1.82) is 5.41 Å². The van der Waals surface area contributed by atoms with Crippen LogP contribution in [0.2, 0.25) is 0 Å². The molecule has 0 radical (unpaired) electrons. The number of morpholine rings is 1. The number of hydrogen-bond donors (Lipinski definition) is 2. The minimum atomic E-state index is -0.111. The lowest BCUT2D eigenvalue weighted by atomic mass is 10.0. The van der Waals surface area contributed by atoms with Gasteiger partial charge in [0.25, 0.3) is 0 Å². The maximum Gasteiger partial charge on any atom is 0.133 e. The summed E-state index contributed by atoms with van der Waals surface area (Å²) < 4.78 is 16.6. The number of nitrogens with one attached hydrogen (secondary N) is 1. The van der Waals surface area contributed by atoms with E-state index >= 15 is 0 Å². The number of nitrogens with two attached hydrogens (primary N) is 1. The van der Waals surface area contributed by atoms with E-state index in [-0.39, 0.29) is 23.9 Å². The van der Waals surface area contributed by atoms with Gasteiger partial charge in [0, 0.05) is 24.4 Å². The number of hydrogen-bond acceptors (Lipinski definition) is 8. The molecule has 3 N–H and O–H groups in total. The van der Waals surface area contributed by atoms with Crippen molar-refractivity contribution in [2.24, 2.45) is 0 Å². The summed E-state index contributed by atoms with van der Waals surface area (Å²) in [6.45, 7) is 7.89. The fourth-order valence-electron chi connectivity index (χ4n) is 3.54. The van der Waals surface area contributed by atoms with Gasteiger partial charge in [-0.1, -0.05) is 0 Å². The number of anilines is 2. The largest absolute Gasteiger partial charge is 0.488 e. The van der Waals surface area contributed by atoms with E-state index in [4.69, 9.17) is 25.4 Å². The number of benzene rings is 1. The van der Waals surface area contributed by atoms with Gasteiger partial charge in [-0.3, -0.25) is 5.41 Å². The van der Waals surface area contributed by atoms with Crippen LogP contribution in [0.4, 0.5) is 11.5 Å². The minimum Gasteiger partial charge on any atom is -0.488 e. The molecule has 29 heavy (non-hydrogen) atoms. The van der Waals surface area contributed by atoms with Crippen LogP contribution >= 0.6 is 0 Å². The third kappa shape index (κ3) is 4.83. The first-order valence-electron chi connectivity index (χ1n) is 9.73. The summed E-state index contributed by atoms with van der Waals surface area (Å²) in [5.74, 6) is 1.41. The standard InChI is InChI=1S/C21H29N5O3/c1-13-9-28-10-14(2)26(13)20-8-19(24-12-25-20)21(23)17-7-16(5-6-18(17)22)29-15(3)11-27-4/h5-8,12-15,23H,9-11,22H2,1-4H3. The van der Waals surface area contributed by atoms with E-state index in [1.54, 1.807) is 25.3 Å². The normalized spacial score (nSPS) is 20.3. The number of aromatic nitrogens is 2. The molecule has 0 bridgehead atoms. The summed E-state index contributed by atoms with van der Waals surface area (Å²) >= 11 is 0. The Morgan fingerprint density at radius 2 is 2.00 bits per heavy atom. The zero-order chi connectivity index (χ0) is 21.0. The summed E-state index contributed by atoms with van der Waals surface area (Å²) in [4.78, 5) is 11.0. The molecule has 3 rings (SSSR count). The number of nitrogens with zero attached hydrogens (tertiary/aromatic N) is 3. The molecule has 1 aromatic carbocycles. The molecule has 2 aromatic rings. The Kier molecular flexibility index (Phi) is 6.66. The maximum absolute atomic E-state index is 8.69. The van der Waals surface area contributed by atoms with Crippen LogP contribution < -0.4 is 15.4 Å². The third-order valence-electron chi connectivity index (χ3n) is 4.87. The summed E-state index contributed by atoms with van der Waals surface area (Å²) in [6, 6.07) is 7.53. The second-order valence-corrected chi connectivity index (χ2v) is 7.41. The first kappa shape index (κ1) is 21.0. The topological polar surface area (TPSA) is 107 Å². The molecule has 1 saturated heterocycles. The lowest BCUT2D eigenvalue weighted by Gasteiger charge is -2.39. The van der Waals surface area contributed by atoms with Crippen LogP contribution in [-0.2, 0) is 9.47 Å². The lowest BCUT2D eigenvalue weighted by molar-refractivity contribution is 0.0752. The van der Waals surface area contributed by atoms with Gasteiger partial charge in [-0.05, 0) is 39.0 Å². The van der Waals surface area contributed by atoms with Gasteiger partial charge in [-0.25, -0.2) is 9.97 Å². The smallest absolute Gasteiger partial charge is 0.133 e. The highest BCUT2D eigenvalue weighted by Gasteiger charge is 2.27. The van der Waals surface area contributed by atoms with Gasteiger partial charge < -0.3 is 24.8 Å². The first-order valence-corrected chi connectivity index (χ1v) is 9.73. The molecule has 1 aliphatic heterocycles. The quantitative estimate of drug-likeness (QED) is 0.544. The van der Waals surface area contributed by atoms with E-state index in [0.29, 0.717) is 42.5 Å². The summed E-state index contributed by atoms with van der Waals surface area (Å²) in [5.41, 5.74) is 7.95. The zero-order valence-corrected chi connectivity index (χ0v) is 17.4.